The molecule has 1 saturated heterocycles. The van der Waals surface area contributed by atoms with Crippen LogP contribution in [-0.2, 0) is 14.8 Å². The maximum absolute atomic E-state index is 13.3. The lowest BCUT2D eigenvalue weighted by atomic mass is 10.2. The Morgan fingerprint density at radius 2 is 1.84 bits per heavy atom. The summed E-state index contributed by atoms with van der Waals surface area (Å²) in [6, 6.07) is 10.6. The molecule has 32 heavy (non-hydrogen) atoms. The molecule has 0 unspecified atom stereocenters. The van der Waals surface area contributed by atoms with E-state index in [1.807, 2.05) is 0 Å². The highest BCUT2D eigenvalue weighted by atomic mass is 32.2. The summed E-state index contributed by atoms with van der Waals surface area (Å²) in [5.41, 5.74) is 1.27. The average Bonchev–Trinajstić information content (AvgIpc) is 3.29. The van der Waals surface area contributed by atoms with E-state index >= 15 is 0 Å². The van der Waals surface area contributed by atoms with Gasteiger partial charge in [0.15, 0.2) is 0 Å². The van der Waals surface area contributed by atoms with Crippen LogP contribution in [0.4, 0.5) is 15.8 Å². The summed E-state index contributed by atoms with van der Waals surface area (Å²) in [4.78, 5) is 14.9. The van der Waals surface area contributed by atoms with E-state index in [1.54, 1.807) is 32.0 Å². The van der Waals surface area contributed by atoms with E-state index in [0.29, 0.717) is 24.5 Å². The number of hydrogen-bond acceptors (Lipinski definition) is 5. The van der Waals surface area contributed by atoms with Gasteiger partial charge in [-0.05, 0) is 43.2 Å². The summed E-state index contributed by atoms with van der Waals surface area (Å²) in [6.45, 7) is 6.10. The molecule has 1 N–H and O–H groups in total. The van der Waals surface area contributed by atoms with E-state index < -0.39 is 15.8 Å². The van der Waals surface area contributed by atoms with Crippen LogP contribution >= 0.6 is 0 Å². The Morgan fingerprint density at radius 3 is 2.50 bits per heavy atom. The number of carbonyl (C=O) groups excluding carboxylic acids is 1. The van der Waals surface area contributed by atoms with Gasteiger partial charge in [0.05, 0.1) is 29.3 Å². The van der Waals surface area contributed by atoms with E-state index in [1.165, 1.54) is 28.6 Å². The van der Waals surface area contributed by atoms with Gasteiger partial charge in [-0.1, -0.05) is 19.9 Å². The third-order valence-electron chi connectivity index (χ3n) is 5.43. The van der Waals surface area contributed by atoms with Crippen LogP contribution in [0.1, 0.15) is 33.1 Å². The van der Waals surface area contributed by atoms with Gasteiger partial charge < -0.3 is 15.0 Å². The SMILES string of the molecule is CCN(CC)S(=O)(=O)c1ccc(N2CCCC2)c(NC(=O)CCOc2cccc(F)c2)c1. The van der Waals surface area contributed by atoms with Crippen LogP contribution in [0.5, 0.6) is 5.75 Å². The Labute approximate surface area is 189 Å². The summed E-state index contributed by atoms with van der Waals surface area (Å²) in [6.07, 6.45) is 2.14. The second-order valence-electron chi connectivity index (χ2n) is 7.57. The first kappa shape index (κ1) is 24.0. The van der Waals surface area contributed by atoms with Crippen molar-refractivity contribution < 1.29 is 22.3 Å². The fraction of sp³-hybridized carbons (Fsp3) is 0.435. The summed E-state index contributed by atoms with van der Waals surface area (Å²) in [5.74, 6) is -0.365. The van der Waals surface area contributed by atoms with Crippen molar-refractivity contribution in [2.75, 3.05) is 43.0 Å². The second-order valence-corrected chi connectivity index (χ2v) is 9.50. The number of rotatable bonds is 10. The molecule has 2 aromatic carbocycles. The molecule has 0 bridgehead atoms. The fourth-order valence-electron chi connectivity index (χ4n) is 3.75. The number of sulfonamides is 1. The molecule has 1 amide bonds. The summed E-state index contributed by atoms with van der Waals surface area (Å²) >= 11 is 0. The maximum atomic E-state index is 13.3. The minimum atomic E-state index is -3.65. The molecule has 1 fully saturated rings. The number of anilines is 2. The summed E-state index contributed by atoms with van der Waals surface area (Å²) in [7, 11) is -3.65. The number of benzene rings is 2. The normalized spacial score (nSPS) is 14.1. The van der Waals surface area contributed by atoms with Crippen molar-refractivity contribution in [3.63, 3.8) is 0 Å². The van der Waals surface area contributed by atoms with Crippen molar-refractivity contribution in [3.8, 4) is 5.75 Å². The molecule has 0 saturated carbocycles. The highest BCUT2D eigenvalue weighted by Crippen LogP contribution is 2.32. The first-order valence-corrected chi connectivity index (χ1v) is 12.4. The van der Waals surface area contributed by atoms with Gasteiger partial charge in [-0.2, -0.15) is 4.31 Å². The fourth-order valence-corrected chi connectivity index (χ4v) is 5.24. The second kappa shape index (κ2) is 10.8. The predicted octanol–water partition coefficient (Wildman–Crippen LogP) is 3.86. The molecule has 1 heterocycles. The van der Waals surface area contributed by atoms with Crippen molar-refractivity contribution in [2.24, 2.45) is 0 Å². The van der Waals surface area contributed by atoms with Crippen molar-refractivity contribution in [2.45, 2.75) is 38.0 Å². The molecule has 174 valence electrons. The number of carbonyl (C=O) groups is 1. The number of halogens is 1. The van der Waals surface area contributed by atoms with Crippen LogP contribution in [0.2, 0.25) is 0 Å². The van der Waals surface area contributed by atoms with E-state index in [2.05, 4.69) is 10.2 Å². The molecule has 1 aliphatic rings. The lowest BCUT2D eigenvalue weighted by Crippen LogP contribution is -2.31. The van der Waals surface area contributed by atoms with Crippen molar-refractivity contribution >= 4 is 27.3 Å². The van der Waals surface area contributed by atoms with Gasteiger partial charge in [-0.25, -0.2) is 12.8 Å². The Hall–Kier alpha value is -2.65. The molecule has 9 heteroatoms. The molecule has 3 rings (SSSR count). The third kappa shape index (κ3) is 5.77. The van der Waals surface area contributed by atoms with Gasteiger partial charge >= 0.3 is 0 Å². The van der Waals surface area contributed by atoms with Gasteiger partial charge in [0.1, 0.15) is 11.6 Å². The molecule has 0 spiro atoms. The van der Waals surface area contributed by atoms with Crippen molar-refractivity contribution in [1.29, 1.82) is 0 Å². The minimum Gasteiger partial charge on any atom is -0.493 e. The van der Waals surface area contributed by atoms with Crippen LogP contribution in [-0.4, -0.2) is 51.4 Å². The number of hydrogen-bond donors (Lipinski definition) is 1. The monoisotopic (exact) mass is 463 g/mol. The van der Waals surface area contributed by atoms with E-state index in [-0.39, 0.29) is 23.8 Å². The molecule has 7 nitrogen and oxygen atoms in total. The quantitative estimate of drug-likeness (QED) is 0.579. The molecular formula is C23H30FN3O4S. The molecule has 0 aliphatic carbocycles. The first-order chi connectivity index (χ1) is 15.3. The highest BCUT2D eigenvalue weighted by molar-refractivity contribution is 7.89. The van der Waals surface area contributed by atoms with E-state index in [0.717, 1.165) is 31.6 Å². The van der Waals surface area contributed by atoms with Crippen molar-refractivity contribution in [1.82, 2.24) is 4.31 Å². The van der Waals surface area contributed by atoms with Crippen LogP contribution in [0, 0.1) is 5.82 Å². The molecule has 1 aliphatic heterocycles. The maximum Gasteiger partial charge on any atom is 0.243 e. The lowest BCUT2D eigenvalue weighted by molar-refractivity contribution is -0.116. The van der Waals surface area contributed by atoms with Gasteiger partial charge in [0.2, 0.25) is 15.9 Å². The van der Waals surface area contributed by atoms with Crippen LogP contribution in [0.3, 0.4) is 0 Å². The van der Waals surface area contributed by atoms with Gasteiger partial charge in [-0.3, -0.25) is 4.79 Å². The number of ether oxygens (including phenoxy) is 1. The molecule has 0 atom stereocenters. The van der Waals surface area contributed by atoms with Gasteiger partial charge in [0.25, 0.3) is 0 Å². The minimum absolute atomic E-state index is 0.0446. The largest absolute Gasteiger partial charge is 0.493 e. The zero-order valence-corrected chi connectivity index (χ0v) is 19.3. The Kier molecular flexibility index (Phi) is 8.09. The standard InChI is InChI=1S/C23H30FN3O4S/c1-3-27(4-2)32(29,30)20-10-11-22(26-13-5-6-14-26)21(17-20)25-23(28)12-15-31-19-9-7-8-18(24)16-19/h7-11,16-17H,3-6,12-15H2,1-2H3,(H,25,28). The number of nitrogens with zero attached hydrogens (tertiary/aromatic N) is 2. The van der Waals surface area contributed by atoms with Crippen LogP contribution in [0.15, 0.2) is 47.4 Å². The molecule has 0 aromatic heterocycles. The first-order valence-electron chi connectivity index (χ1n) is 10.9. The average molecular weight is 464 g/mol. The van der Waals surface area contributed by atoms with E-state index in [4.69, 9.17) is 4.74 Å². The van der Waals surface area contributed by atoms with Crippen molar-refractivity contribution in [3.05, 3.63) is 48.3 Å². The van der Waals surface area contributed by atoms with Gasteiger partial charge in [0, 0.05) is 32.2 Å². The summed E-state index contributed by atoms with van der Waals surface area (Å²) < 4.78 is 46.0. The highest BCUT2D eigenvalue weighted by Gasteiger charge is 2.25. The molecular weight excluding hydrogens is 433 g/mol. The number of nitrogens with one attached hydrogen (secondary N) is 1. The Balaban J connectivity index is 1.76. The van der Waals surface area contributed by atoms with Crippen LogP contribution in [0.25, 0.3) is 0 Å². The number of amides is 1. The Bertz CT molecular complexity index is 1040. The lowest BCUT2D eigenvalue weighted by Gasteiger charge is -2.24. The van der Waals surface area contributed by atoms with Gasteiger partial charge in [-0.15, -0.1) is 0 Å². The van der Waals surface area contributed by atoms with Crippen LogP contribution < -0.4 is 15.0 Å². The molecule has 0 radical (unpaired) electrons. The third-order valence-corrected chi connectivity index (χ3v) is 7.47. The molecule has 2 aromatic rings. The zero-order chi connectivity index (χ0) is 23.1. The zero-order valence-electron chi connectivity index (χ0n) is 18.5. The topological polar surface area (TPSA) is 79.0 Å². The predicted molar refractivity (Wildman–Crippen MR) is 123 cm³/mol. The summed E-state index contributed by atoms with van der Waals surface area (Å²) in [5, 5.41) is 2.85. The Morgan fingerprint density at radius 1 is 1.12 bits per heavy atom. The smallest absolute Gasteiger partial charge is 0.243 e. The van der Waals surface area contributed by atoms with E-state index in [9.17, 15) is 17.6 Å².